The lowest BCUT2D eigenvalue weighted by Crippen LogP contribution is -2.37. The third kappa shape index (κ3) is 3.81. The number of nitrogens with zero attached hydrogens (tertiary/aromatic N) is 3. The molecule has 0 saturated carbocycles. The average Bonchev–Trinajstić information content (AvgIpc) is 3.65. The van der Waals surface area contributed by atoms with Gasteiger partial charge < -0.3 is 14.4 Å². The van der Waals surface area contributed by atoms with Crippen LogP contribution in [0.5, 0.6) is 0 Å². The van der Waals surface area contributed by atoms with Gasteiger partial charge in [-0.05, 0) is 36.6 Å². The molecule has 2 aromatic rings. The molecule has 3 heteroatoms. The van der Waals surface area contributed by atoms with Crippen molar-refractivity contribution in [3.63, 3.8) is 0 Å². The van der Waals surface area contributed by atoms with Gasteiger partial charge in [-0.3, -0.25) is 0 Å². The molecule has 2 unspecified atom stereocenters. The van der Waals surface area contributed by atoms with Gasteiger partial charge in [-0.25, -0.2) is 0 Å². The van der Waals surface area contributed by atoms with Crippen LogP contribution in [0.2, 0.25) is 0 Å². The topological polar surface area (TPSA) is 11.4 Å². The molecular formula is C35H35N3. The molecular weight excluding hydrogens is 462 g/mol. The van der Waals surface area contributed by atoms with Crippen LogP contribution in [0.15, 0.2) is 133 Å². The minimum Gasteiger partial charge on any atom is -0.351 e. The second kappa shape index (κ2) is 9.57. The molecule has 2 aliphatic carbocycles. The van der Waals surface area contributed by atoms with Gasteiger partial charge >= 0.3 is 0 Å². The SMILES string of the molecule is C=CC/C=C1/C(C)C(n2c3c(c4ccccc42)C=CC3)=CC(=C)N1C1C=CC(=C)C2=CCC=C2N(C)C=C1. The van der Waals surface area contributed by atoms with Crippen LogP contribution in [0.3, 0.4) is 0 Å². The first-order chi connectivity index (χ1) is 18.5. The summed E-state index contributed by atoms with van der Waals surface area (Å²) in [7, 11) is 2.11. The van der Waals surface area contributed by atoms with Crippen LogP contribution in [-0.2, 0) is 6.42 Å². The van der Waals surface area contributed by atoms with Crippen molar-refractivity contribution in [1.82, 2.24) is 14.4 Å². The van der Waals surface area contributed by atoms with Crippen LogP contribution < -0.4 is 0 Å². The normalized spacial score (nSPS) is 23.7. The molecule has 0 bridgehead atoms. The van der Waals surface area contributed by atoms with Crippen LogP contribution in [0, 0.1) is 5.92 Å². The van der Waals surface area contributed by atoms with Gasteiger partial charge in [0.2, 0.25) is 0 Å². The van der Waals surface area contributed by atoms with Gasteiger partial charge in [-0.2, -0.15) is 0 Å². The van der Waals surface area contributed by atoms with E-state index in [2.05, 4.69) is 133 Å². The lowest BCUT2D eigenvalue weighted by molar-refractivity contribution is 0.375. The zero-order valence-electron chi connectivity index (χ0n) is 22.4. The highest BCUT2D eigenvalue weighted by Gasteiger charge is 2.33. The summed E-state index contributed by atoms with van der Waals surface area (Å²) in [5, 5.41) is 1.31. The Bertz CT molecular complexity index is 1580. The van der Waals surface area contributed by atoms with Crippen LogP contribution in [-0.4, -0.2) is 27.5 Å². The Morgan fingerprint density at radius 3 is 2.76 bits per heavy atom. The highest BCUT2D eigenvalue weighted by Crippen LogP contribution is 2.43. The molecule has 1 aromatic carbocycles. The van der Waals surface area contributed by atoms with Gasteiger partial charge in [0.25, 0.3) is 0 Å². The van der Waals surface area contributed by atoms with E-state index < -0.39 is 0 Å². The molecule has 3 heterocycles. The third-order valence-electron chi connectivity index (χ3n) is 8.09. The first-order valence-electron chi connectivity index (χ1n) is 13.5. The molecule has 0 saturated heterocycles. The van der Waals surface area contributed by atoms with E-state index in [1.165, 1.54) is 44.8 Å². The van der Waals surface area contributed by atoms with Gasteiger partial charge in [-0.15, -0.1) is 6.58 Å². The van der Waals surface area contributed by atoms with E-state index in [4.69, 9.17) is 0 Å². The van der Waals surface area contributed by atoms with Crippen molar-refractivity contribution < 1.29 is 0 Å². The van der Waals surface area contributed by atoms with Crippen molar-refractivity contribution >= 4 is 22.7 Å². The molecule has 0 fully saturated rings. The predicted molar refractivity (Wildman–Crippen MR) is 162 cm³/mol. The van der Waals surface area contributed by atoms with Crippen molar-refractivity contribution in [3.8, 4) is 0 Å². The summed E-state index contributed by atoms with van der Waals surface area (Å²) in [4.78, 5) is 4.58. The van der Waals surface area contributed by atoms with Crippen LogP contribution in [0.25, 0.3) is 22.7 Å². The number of benzene rings is 1. The smallest absolute Gasteiger partial charge is 0.0723 e. The predicted octanol–water partition coefficient (Wildman–Crippen LogP) is 8.13. The molecule has 0 N–H and O–H groups in total. The number of likely N-dealkylation sites (N-methyl/N-ethyl adjacent to an activating group) is 1. The van der Waals surface area contributed by atoms with E-state index in [1.54, 1.807) is 0 Å². The molecule has 6 rings (SSSR count). The van der Waals surface area contributed by atoms with Gasteiger partial charge in [0.1, 0.15) is 0 Å². The largest absolute Gasteiger partial charge is 0.351 e. The maximum Gasteiger partial charge on any atom is 0.0723 e. The summed E-state index contributed by atoms with van der Waals surface area (Å²) in [6.07, 6.45) is 27.2. The van der Waals surface area contributed by atoms with Gasteiger partial charge in [-0.1, -0.05) is 86.9 Å². The molecule has 4 aliphatic rings. The van der Waals surface area contributed by atoms with Gasteiger partial charge in [0, 0.05) is 70.6 Å². The van der Waals surface area contributed by atoms with Crippen molar-refractivity contribution in [2.45, 2.75) is 32.2 Å². The number of para-hydroxylation sites is 1. The number of hydrogen-bond acceptors (Lipinski definition) is 2. The van der Waals surface area contributed by atoms with E-state index in [0.717, 1.165) is 30.5 Å². The Hall–Kier alpha value is -4.24. The number of rotatable bonds is 4. The lowest BCUT2D eigenvalue weighted by atomic mass is 9.93. The quantitative estimate of drug-likeness (QED) is 0.395. The molecule has 2 aliphatic heterocycles. The molecule has 0 amide bonds. The standard InChI is InChI=1S/C35H35N3/c1-6-7-15-31-26(4)35(38-33-16-9-8-12-29(33)30-14-11-18-34(30)38)23-25(3)37(31)27-20-19-24(2)28-13-10-17-32(28)36(5)22-21-27/h6,8-9,11-17,19-23,26-27H,1-3,7,10,18H2,4-5H3/b20-19?,22-21?,31-15-. The zero-order chi connectivity index (χ0) is 26.4. The van der Waals surface area contributed by atoms with Crippen molar-refractivity contribution in [1.29, 1.82) is 0 Å². The average molecular weight is 498 g/mol. The molecule has 1 aromatic heterocycles. The first kappa shape index (κ1) is 24.1. The number of hydrogen-bond donors (Lipinski definition) is 0. The second-order valence-corrected chi connectivity index (χ2v) is 10.4. The fraction of sp³-hybridized carbons (Fsp3) is 0.200. The van der Waals surface area contributed by atoms with E-state index in [-0.39, 0.29) is 12.0 Å². The first-order valence-corrected chi connectivity index (χ1v) is 13.5. The van der Waals surface area contributed by atoms with Gasteiger partial charge in [0.15, 0.2) is 0 Å². The van der Waals surface area contributed by atoms with E-state index in [9.17, 15) is 0 Å². The van der Waals surface area contributed by atoms with Crippen molar-refractivity contribution in [2.75, 3.05) is 7.05 Å². The van der Waals surface area contributed by atoms with E-state index in [0.29, 0.717) is 0 Å². The van der Waals surface area contributed by atoms with Crippen molar-refractivity contribution in [2.24, 2.45) is 5.92 Å². The maximum atomic E-state index is 4.60. The third-order valence-corrected chi connectivity index (χ3v) is 8.09. The van der Waals surface area contributed by atoms with Crippen LogP contribution in [0.1, 0.15) is 31.0 Å². The Labute approximate surface area is 226 Å². The summed E-state index contributed by atoms with van der Waals surface area (Å²) in [5.41, 5.74) is 10.9. The van der Waals surface area contributed by atoms with Gasteiger partial charge in [0.05, 0.1) is 11.6 Å². The second-order valence-electron chi connectivity index (χ2n) is 10.4. The summed E-state index contributed by atoms with van der Waals surface area (Å²) in [6.45, 7) is 15.3. The Kier molecular flexibility index (Phi) is 6.07. The highest BCUT2D eigenvalue weighted by molar-refractivity contribution is 5.95. The molecule has 0 radical (unpaired) electrons. The number of fused-ring (bicyclic) bond motifs is 4. The Balaban J connectivity index is 1.46. The minimum absolute atomic E-state index is 0.00632. The van der Waals surface area contributed by atoms with Crippen LogP contribution >= 0.6 is 0 Å². The van der Waals surface area contributed by atoms with E-state index in [1.807, 2.05) is 6.08 Å². The minimum atomic E-state index is 0.00632. The summed E-state index contributed by atoms with van der Waals surface area (Å²) >= 11 is 0. The summed E-state index contributed by atoms with van der Waals surface area (Å²) in [5.74, 6) is 0.168. The lowest BCUT2D eigenvalue weighted by Gasteiger charge is -2.41. The monoisotopic (exact) mass is 497 g/mol. The molecule has 3 nitrogen and oxygen atoms in total. The fourth-order valence-electron chi connectivity index (χ4n) is 6.25. The fourth-order valence-corrected chi connectivity index (χ4v) is 6.25. The Morgan fingerprint density at radius 2 is 1.92 bits per heavy atom. The molecule has 190 valence electrons. The summed E-state index contributed by atoms with van der Waals surface area (Å²) in [6, 6.07) is 8.75. The maximum absolute atomic E-state index is 4.60. The van der Waals surface area contributed by atoms with Crippen LogP contribution in [0.4, 0.5) is 0 Å². The molecule has 38 heavy (non-hydrogen) atoms. The van der Waals surface area contributed by atoms with Crippen molar-refractivity contribution in [3.05, 3.63) is 144 Å². The van der Waals surface area contributed by atoms with E-state index >= 15 is 0 Å². The highest BCUT2D eigenvalue weighted by atomic mass is 15.2. The Morgan fingerprint density at radius 1 is 1.08 bits per heavy atom. The summed E-state index contributed by atoms with van der Waals surface area (Å²) < 4.78 is 2.48. The number of allylic oxidation sites excluding steroid dienone is 9. The molecule has 0 spiro atoms. The number of aromatic nitrogens is 1. The zero-order valence-corrected chi connectivity index (χ0v) is 22.4. The molecule has 2 atom stereocenters.